The number of nitro groups is 1. The molecule has 0 aliphatic rings. The van der Waals surface area contributed by atoms with Crippen LogP contribution in [0, 0.1) is 22.5 Å². The molecular weight excluding hydrogens is 679 g/mol. The molecule has 0 saturated heterocycles. The van der Waals surface area contributed by atoms with E-state index in [0.29, 0.717) is 40.5 Å². The second-order valence-corrected chi connectivity index (χ2v) is 15.7. The minimum absolute atomic E-state index is 0.0180. The van der Waals surface area contributed by atoms with E-state index in [4.69, 9.17) is 4.74 Å². The van der Waals surface area contributed by atoms with E-state index in [1.165, 1.54) is 12.1 Å². The highest BCUT2D eigenvalue weighted by Gasteiger charge is 2.27. The first-order valence-electron chi connectivity index (χ1n) is 16.6. The largest absolute Gasteiger partial charge is 0.425 e. The number of sulfone groups is 1. The summed E-state index contributed by atoms with van der Waals surface area (Å²) in [4.78, 5) is 27.9. The van der Waals surface area contributed by atoms with Crippen LogP contribution < -0.4 is 25.2 Å². The molecule has 5 aromatic carbocycles. The van der Waals surface area contributed by atoms with E-state index in [1.54, 1.807) is 75.4 Å². The van der Waals surface area contributed by atoms with E-state index in [1.807, 2.05) is 80.3 Å². The lowest BCUT2D eigenvalue weighted by atomic mass is 9.97. The fourth-order valence-corrected chi connectivity index (χ4v) is 6.86. The van der Waals surface area contributed by atoms with Crippen molar-refractivity contribution in [3.8, 4) is 5.75 Å². The molecule has 270 valence electrons. The molecule has 52 heavy (non-hydrogen) atoms. The quantitative estimate of drug-likeness (QED) is 0.0557. The number of nitrogens with zero attached hydrogens (tertiary/aromatic N) is 3. The number of non-ortho nitro benzene ring substituents is 1. The fraction of sp³-hybridized carbons (Fsp3) is 0.225. The summed E-state index contributed by atoms with van der Waals surface area (Å²) in [7, 11) is 1.75. The molecule has 0 radical (unpaired) electrons. The highest BCUT2D eigenvalue weighted by atomic mass is 32.2. The standard InChI is InChI=1S/C40H43N5O6S/c1-27-23-31(42-36-22-21-34(43(5)6)25-37(36)52(49,50)35-11-9-8-10-12-35)24-28(38(27)51-39(46)40(2,3)4)26-44(7)32-17-13-29(14-18-32)41-30-15-19-33(20-16-30)45(47)48/h8-25,41-42H,26H2,1-7H3. The van der Waals surface area contributed by atoms with Crippen LogP contribution in [0.2, 0.25) is 0 Å². The number of hydrogen-bond acceptors (Lipinski definition) is 10. The zero-order valence-electron chi connectivity index (χ0n) is 30.3. The molecule has 2 N–H and O–H groups in total. The lowest BCUT2D eigenvalue weighted by Crippen LogP contribution is -2.27. The second kappa shape index (κ2) is 15.2. The Bertz CT molecular complexity index is 2180. The summed E-state index contributed by atoms with van der Waals surface area (Å²) in [6.45, 7) is 7.60. The molecule has 0 fully saturated rings. The number of nitrogens with one attached hydrogen (secondary N) is 2. The fourth-order valence-electron chi connectivity index (χ4n) is 5.40. The summed E-state index contributed by atoms with van der Waals surface area (Å²) in [6, 6.07) is 31.2. The van der Waals surface area contributed by atoms with Crippen molar-refractivity contribution in [1.82, 2.24) is 0 Å². The van der Waals surface area contributed by atoms with Gasteiger partial charge < -0.3 is 25.2 Å². The number of rotatable bonds is 12. The van der Waals surface area contributed by atoms with Gasteiger partial charge in [0.05, 0.1) is 25.8 Å². The van der Waals surface area contributed by atoms with E-state index < -0.39 is 20.2 Å². The molecular formula is C40H43N5O6S. The van der Waals surface area contributed by atoms with Crippen LogP contribution in [-0.2, 0) is 21.2 Å². The maximum Gasteiger partial charge on any atom is 0.316 e. The number of esters is 1. The number of hydrogen-bond donors (Lipinski definition) is 2. The third kappa shape index (κ3) is 8.70. The van der Waals surface area contributed by atoms with Gasteiger partial charge >= 0.3 is 5.97 Å². The van der Waals surface area contributed by atoms with E-state index in [0.717, 1.165) is 17.1 Å². The summed E-state index contributed by atoms with van der Waals surface area (Å²) in [5.41, 5.74) is 4.86. The molecule has 5 rings (SSSR count). The summed E-state index contributed by atoms with van der Waals surface area (Å²) in [6.07, 6.45) is 0. The van der Waals surface area contributed by atoms with Crippen molar-refractivity contribution in [2.24, 2.45) is 5.41 Å². The molecule has 0 heterocycles. The molecule has 12 heteroatoms. The normalized spacial score (nSPS) is 11.4. The molecule has 0 atom stereocenters. The zero-order chi connectivity index (χ0) is 37.8. The molecule has 0 bridgehead atoms. The number of anilines is 6. The molecule has 0 spiro atoms. The number of carbonyl (C=O) groups excluding carboxylic acids is 1. The van der Waals surface area contributed by atoms with E-state index in [-0.39, 0.29) is 21.4 Å². The smallest absolute Gasteiger partial charge is 0.316 e. The first-order chi connectivity index (χ1) is 24.5. The lowest BCUT2D eigenvalue weighted by molar-refractivity contribution is -0.384. The Hall–Kier alpha value is -5.88. The molecule has 0 amide bonds. The lowest BCUT2D eigenvalue weighted by Gasteiger charge is -2.25. The van der Waals surface area contributed by atoms with Gasteiger partial charge in [0, 0.05) is 73.8 Å². The second-order valence-electron chi connectivity index (χ2n) is 13.8. The third-order valence-electron chi connectivity index (χ3n) is 8.34. The van der Waals surface area contributed by atoms with Crippen LogP contribution in [0.25, 0.3) is 0 Å². The molecule has 0 aliphatic heterocycles. The SMILES string of the molecule is Cc1cc(Nc2ccc(N(C)C)cc2S(=O)(=O)c2ccccc2)cc(CN(C)c2ccc(Nc3ccc([N+](=O)[O-])cc3)cc2)c1OC(=O)C(C)(C)C. The van der Waals surface area contributed by atoms with Crippen molar-refractivity contribution in [2.75, 3.05) is 41.6 Å². The highest BCUT2D eigenvalue weighted by molar-refractivity contribution is 7.91. The van der Waals surface area contributed by atoms with E-state index >= 15 is 0 Å². The zero-order valence-corrected chi connectivity index (χ0v) is 31.1. The maximum atomic E-state index is 13.9. The van der Waals surface area contributed by atoms with Crippen molar-refractivity contribution in [2.45, 2.75) is 44.0 Å². The number of ether oxygens (including phenoxy) is 1. The molecule has 0 unspecified atom stereocenters. The maximum absolute atomic E-state index is 13.9. The molecule has 0 aromatic heterocycles. The average Bonchev–Trinajstić information content (AvgIpc) is 3.10. The van der Waals surface area contributed by atoms with Crippen molar-refractivity contribution in [1.29, 1.82) is 0 Å². The van der Waals surface area contributed by atoms with Crippen LogP contribution >= 0.6 is 0 Å². The van der Waals surface area contributed by atoms with Crippen LogP contribution in [0.4, 0.5) is 39.8 Å². The van der Waals surface area contributed by atoms with Crippen molar-refractivity contribution >= 4 is 55.6 Å². The Morgan fingerprint density at radius 3 is 1.96 bits per heavy atom. The Balaban J connectivity index is 1.47. The van der Waals surface area contributed by atoms with Gasteiger partial charge in [-0.15, -0.1) is 0 Å². The minimum atomic E-state index is -3.89. The first kappa shape index (κ1) is 37.4. The van der Waals surface area contributed by atoms with E-state index in [9.17, 15) is 23.3 Å². The number of aryl methyl sites for hydroxylation is 1. The number of carbonyl (C=O) groups is 1. The summed E-state index contributed by atoms with van der Waals surface area (Å²) < 4.78 is 33.9. The molecule has 0 saturated carbocycles. The topological polar surface area (TPSA) is 134 Å². The summed E-state index contributed by atoms with van der Waals surface area (Å²) in [5.74, 6) is 0.0614. The Morgan fingerprint density at radius 2 is 1.38 bits per heavy atom. The Morgan fingerprint density at radius 1 is 0.788 bits per heavy atom. The van der Waals surface area contributed by atoms with E-state index in [2.05, 4.69) is 10.6 Å². The minimum Gasteiger partial charge on any atom is -0.425 e. The van der Waals surface area contributed by atoms with Crippen LogP contribution in [0.15, 0.2) is 119 Å². The average molecular weight is 722 g/mol. The monoisotopic (exact) mass is 721 g/mol. The van der Waals surface area contributed by atoms with Crippen LogP contribution in [0.3, 0.4) is 0 Å². The molecule has 0 aliphatic carbocycles. The molecule has 11 nitrogen and oxygen atoms in total. The van der Waals surface area contributed by atoms with Crippen molar-refractivity contribution in [3.63, 3.8) is 0 Å². The van der Waals surface area contributed by atoms with Gasteiger partial charge in [-0.25, -0.2) is 8.42 Å². The van der Waals surface area contributed by atoms with Gasteiger partial charge in [0.15, 0.2) is 0 Å². The Labute approximate surface area is 304 Å². The van der Waals surface area contributed by atoms with Gasteiger partial charge in [0.25, 0.3) is 5.69 Å². The predicted molar refractivity (Wildman–Crippen MR) is 207 cm³/mol. The van der Waals surface area contributed by atoms with Crippen molar-refractivity contribution < 1.29 is 22.9 Å². The van der Waals surface area contributed by atoms with Crippen LogP contribution in [0.5, 0.6) is 5.75 Å². The highest BCUT2D eigenvalue weighted by Crippen LogP contribution is 2.37. The molecule has 5 aromatic rings. The number of benzene rings is 5. The predicted octanol–water partition coefficient (Wildman–Crippen LogP) is 8.88. The third-order valence-corrected chi connectivity index (χ3v) is 10.2. The van der Waals surface area contributed by atoms with Gasteiger partial charge in [0.1, 0.15) is 5.75 Å². The first-order valence-corrected chi connectivity index (χ1v) is 18.1. The van der Waals surface area contributed by atoms with Gasteiger partial charge in [0.2, 0.25) is 9.84 Å². The van der Waals surface area contributed by atoms with Crippen molar-refractivity contribution in [3.05, 3.63) is 130 Å². The van der Waals surface area contributed by atoms with Crippen LogP contribution in [-0.4, -0.2) is 40.5 Å². The van der Waals surface area contributed by atoms with Gasteiger partial charge in [-0.3, -0.25) is 14.9 Å². The van der Waals surface area contributed by atoms with Crippen LogP contribution in [0.1, 0.15) is 31.9 Å². The summed E-state index contributed by atoms with van der Waals surface area (Å²) >= 11 is 0. The Kier molecular flexibility index (Phi) is 10.9. The van der Waals surface area contributed by atoms with Gasteiger partial charge in [-0.1, -0.05) is 18.2 Å². The number of nitro benzene ring substituents is 1. The van der Waals surface area contributed by atoms with Gasteiger partial charge in [-0.05, 0) is 112 Å². The summed E-state index contributed by atoms with van der Waals surface area (Å²) in [5, 5.41) is 17.6. The van der Waals surface area contributed by atoms with Gasteiger partial charge in [-0.2, -0.15) is 0 Å².